The highest BCUT2D eigenvalue weighted by Crippen LogP contribution is 2.16. The van der Waals surface area contributed by atoms with Gasteiger partial charge in [0.25, 0.3) is 0 Å². The van der Waals surface area contributed by atoms with Crippen molar-refractivity contribution in [3.05, 3.63) is 0 Å². The molecule has 2 heteroatoms. The molecule has 2 unspecified atom stereocenters. The lowest BCUT2D eigenvalue weighted by Gasteiger charge is -2.34. The third-order valence-electron chi connectivity index (χ3n) is 3.34. The van der Waals surface area contributed by atoms with Gasteiger partial charge in [-0.2, -0.15) is 0 Å². The van der Waals surface area contributed by atoms with Crippen LogP contribution in [-0.4, -0.2) is 36.6 Å². The molecule has 0 aromatic rings. The molecule has 0 aliphatic carbocycles. The summed E-state index contributed by atoms with van der Waals surface area (Å²) in [6.45, 7) is 10.5. The summed E-state index contributed by atoms with van der Waals surface area (Å²) in [5.74, 6) is 0. The third kappa shape index (κ3) is 3.97. The summed E-state index contributed by atoms with van der Waals surface area (Å²) in [6, 6.07) is 1.49. The van der Waals surface area contributed by atoms with E-state index in [1.807, 2.05) is 0 Å². The first kappa shape index (κ1) is 12.0. The van der Waals surface area contributed by atoms with E-state index in [-0.39, 0.29) is 0 Å². The monoisotopic (exact) mass is 198 g/mol. The van der Waals surface area contributed by atoms with E-state index >= 15 is 0 Å². The van der Waals surface area contributed by atoms with Crippen LogP contribution in [0.15, 0.2) is 0 Å². The third-order valence-corrected chi connectivity index (χ3v) is 3.34. The fourth-order valence-electron chi connectivity index (χ4n) is 2.30. The molecule has 0 radical (unpaired) electrons. The molecule has 0 aromatic carbocycles. The molecular formula is C12H26N2. The van der Waals surface area contributed by atoms with Crippen LogP contribution in [-0.2, 0) is 0 Å². The number of hydrogen-bond acceptors (Lipinski definition) is 2. The molecule has 84 valence electrons. The van der Waals surface area contributed by atoms with E-state index in [1.165, 1.54) is 38.8 Å². The molecule has 1 heterocycles. The summed E-state index contributed by atoms with van der Waals surface area (Å²) in [5, 5.41) is 3.47. The second-order valence-electron chi connectivity index (χ2n) is 4.63. The molecule has 1 fully saturated rings. The number of likely N-dealkylation sites (tertiary alicyclic amines) is 1. The lowest BCUT2D eigenvalue weighted by Crippen LogP contribution is -2.40. The van der Waals surface area contributed by atoms with Crippen LogP contribution in [0.5, 0.6) is 0 Å². The van der Waals surface area contributed by atoms with Crippen LogP contribution in [0.3, 0.4) is 0 Å². The Morgan fingerprint density at radius 1 is 1.43 bits per heavy atom. The molecule has 1 N–H and O–H groups in total. The highest BCUT2D eigenvalue weighted by molar-refractivity contribution is 4.74. The topological polar surface area (TPSA) is 15.3 Å². The van der Waals surface area contributed by atoms with E-state index in [9.17, 15) is 0 Å². The average molecular weight is 198 g/mol. The van der Waals surface area contributed by atoms with Gasteiger partial charge in [0.1, 0.15) is 0 Å². The van der Waals surface area contributed by atoms with Crippen LogP contribution >= 0.6 is 0 Å². The highest BCUT2D eigenvalue weighted by atomic mass is 15.2. The molecule has 0 saturated carbocycles. The van der Waals surface area contributed by atoms with Crippen molar-refractivity contribution in [1.82, 2.24) is 10.2 Å². The summed E-state index contributed by atoms with van der Waals surface area (Å²) < 4.78 is 0. The minimum absolute atomic E-state index is 0.675. The number of nitrogens with one attached hydrogen (secondary N) is 1. The maximum atomic E-state index is 3.47. The fourth-order valence-corrected chi connectivity index (χ4v) is 2.30. The first-order chi connectivity index (χ1) is 6.74. The van der Waals surface area contributed by atoms with E-state index < -0.39 is 0 Å². The van der Waals surface area contributed by atoms with E-state index in [4.69, 9.17) is 0 Å². The Balaban J connectivity index is 2.15. The molecule has 1 aliphatic heterocycles. The Labute approximate surface area is 89.1 Å². The van der Waals surface area contributed by atoms with Gasteiger partial charge >= 0.3 is 0 Å². The van der Waals surface area contributed by atoms with Crippen molar-refractivity contribution in [3.63, 3.8) is 0 Å². The van der Waals surface area contributed by atoms with Gasteiger partial charge in [-0.15, -0.1) is 0 Å². The van der Waals surface area contributed by atoms with Gasteiger partial charge in [0.2, 0.25) is 0 Å². The number of hydrogen-bond donors (Lipinski definition) is 1. The second-order valence-corrected chi connectivity index (χ2v) is 4.63. The lowest BCUT2D eigenvalue weighted by atomic mass is 10.0. The molecule has 2 nitrogen and oxygen atoms in total. The summed E-state index contributed by atoms with van der Waals surface area (Å²) in [6.07, 6.45) is 5.52. The maximum absolute atomic E-state index is 3.47. The van der Waals surface area contributed by atoms with E-state index in [0.29, 0.717) is 6.04 Å². The summed E-state index contributed by atoms with van der Waals surface area (Å²) in [5.41, 5.74) is 0. The van der Waals surface area contributed by atoms with Gasteiger partial charge in [-0.1, -0.05) is 13.3 Å². The number of rotatable bonds is 5. The highest BCUT2D eigenvalue weighted by Gasteiger charge is 2.17. The lowest BCUT2D eigenvalue weighted by molar-refractivity contribution is 0.154. The van der Waals surface area contributed by atoms with Crippen LogP contribution in [0.4, 0.5) is 0 Å². The molecule has 0 aromatic heterocycles. The van der Waals surface area contributed by atoms with Crippen molar-refractivity contribution in [2.45, 2.75) is 58.5 Å². The minimum atomic E-state index is 0.675. The normalized spacial score (nSPS) is 26.4. The molecule has 1 saturated heterocycles. The average Bonchev–Trinajstić information content (AvgIpc) is 2.17. The van der Waals surface area contributed by atoms with Crippen LogP contribution in [0.2, 0.25) is 0 Å². The molecule has 1 aliphatic rings. The van der Waals surface area contributed by atoms with Crippen molar-refractivity contribution in [1.29, 1.82) is 0 Å². The Morgan fingerprint density at radius 2 is 2.21 bits per heavy atom. The quantitative estimate of drug-likeness (QED) is 0.729. The van der Waals surface area contributed by atoms with Crippen LogP contribution in [0.1, 0.15) is 46.5 Å². The molecule has 1 rings (SSSR count). The largest absolute Gasteiger partial charge is 0.314 e. The van der Waals surface area contributed by atoms with Gasteiger partial charge in [0, 0.05) is 12.1 Å². The Kier molecular flexibility index (Phi) is 5.49. The fraction of sp³-hybridized carbons (Fsp3) is 1.00. The van der Waals surface area contributed by atoms with Crippen molar-refractivity contribution >= 4 is 0 Å². The standard InChI is InChI=1S/C12H26N2/c1-4-13-11(2)8-10-14-9-6-5-7-12(14)3/h11-13H,4-10H2,1-3H3. The SMILES string of the molecule is CCNC(C)CCN1CCCCC1C. The van der Waals surface area contributed by atoms with Gasteiger partial charge in [0.15, 0.2) is 0 Å². The summed E-state index contributed by atoms with van der Waals surface area (Å²) in [4.78, 5) is 2.65. The predicted molar refractivity (Wildman–Crippen MR) is 62.6 cm³/mol. The number of nitrogens with zero attached hydrogens (tertiary/aromatic N) is 1. The van der Waals surface area contributed by atoms with E-state index in [0.717, 1.165) is 12.6 Å². The maximum Gasteiger partial charge on any atom is 0.00669 e. The van der Waals surface area contributed by atoms with Crippen molar-refractivity contribution in [3.8, 4) is 0 Å². The van der Waals surface area contributed by atoms with Crippen molar-refractivity contribution in [2.75, 3.05) is 19.6 Å². The molecule has 0 amide bonds. The van der Waals surface area contributed by atoms with E-state index in [2.05, 4.69) is 31.0 Å². The zero-order chi connectivity index (χ0) is 10.4. The Bertz CT molecular complexity index is 147. The predicted octanol–water partition coefficient (Wildman–Crippen LogP) is 2.25. The van der Waals surface area contributed by atoms with Gasteiger partial charge < -0.3 is 10.2 Å². The smallest absolute Gasteiger partial charge is 0.00669 e. The number of piperidine rings is 1. The first-order valence-electron chi connectivity index (χ1n) is 6.21. The molecule has 2 atom stereocenters. The van der Waals surface area contributed by atoms with E-state index in [1.54, 1.807) is 0 Å². The van der Waals surface area contributed by atoms with Crippen LogP contribution < -0.4 is 5.32 Å². The Hall–Kier alpha value is -0.0800. The van der Waals surface area contributed by atoms with Gasteiger partial charge in [-0.3, -0.25) is 0 Å². The molecule has 0 spiro atoms. The molecule has 14 heavy (non-hydrogen) atoms. The minimum Gasteiger partial charge on any atom is -0.314 e. The van der Waals surface area contributed by atoms with Gasteiger partial charge in [-0.05, 0) is 52.7 Å². The van der Waals surface area contributed by atoms with Gasteiger partial charge in [0.05, 0.1) is 0 Å². The van der Waals surface area contributed by atoms with Crippen molar-refractivity contribution in [2.24, 2.45) is 0 Å². The molecular weight excluding hydrogens is 172 g/mol. The zero-order valence-electron chi connectivity index (χ0n) is 10.1. The summed E-state index contributed by atoms with van der Waals surface area (Å²) >= 11 is 0. The van der Waals surface area contributed by atoms with Crippen LogP contribution in [0.25, 0.3) is 0 Å². The summed E-state index contributed by atoms with van der Waals surface area (Å²) in [7, 11) is 0. The Morgan fingerprint density at radius 3 is 2.86 bits per heavy atom. The second kappa shape index (κ2) is 6.41. The first-order valence-corrected chi connectivity index (χ1v) is 6.21. The molecule has 0 bridgehead atoms. The zero-order valence-corrected chi connectivity index (χ0v) is 10.1. The van der Waals surface area contributed by atoms with Crippen molar-refractivity contribution < 1.29 is 0 Å². The van der Waals surface area contributed by atoms with Gasteiger partial charge in [-0.25, -0.2) is 0 Å². The van der Waals surface area contributed by atoms with Crippen LogP contribution in [0, 0.1) is 0 Å².